The molecule has 1 aromatic heterocycles. The minimum atomic E-state index is 0.110. The Hall–Kier alpha value is -1.32. The third kappa shape index (κ3) is 2.08. The van der Waals surface area contributed by atoms with Crippen LogP contribution in [0, 0.1) is 0 Å². The van der Waals surface area contributed by atoms with E-state index >= 15 is 0 Å². The molecular weight excluding hydrogens is 214 g/mol. The van der Waals surface area contributed by atoms with Gasteiger partial charge in [0.1, 0.15) is 5.69 Å². The van der Waals surface area contributed by atoms with Gasteiger partial charge in [-0.25, -0.2) is 0 Å². The highest BCUT2D eigenvalue weighted by molar-refractivity contribution is 5.92. The first-order valence-electron chi connectivity index (χ1n) is 6.69. The smallest absolute Gasteiger partial charge is 0.274 e. The maximum Gasteiger partial charge on any atom is 0.274 e. The van der Waals surface area contributed by atoms with Crippen LogP contribution >= 0.6 is 0 Å². The molecular formula is C13H19N3O. The number of rotatable bonds is 2. The van der Waals surface area contributed by atoms with E-state index in [1.165, 1.54) is 25.7 Å². The minimum Gasteiger partial charge on any atom is -0.337 e. The monoisotopic (exact) mass is 233 g/mol. The van der Waals surface area contributed by atoms with Crippen LogP contribution in [-0.4, -0.2) is 33.7 Å². The normalized spacial score (nSPS) is 21.3. The maximum atomic E-state index is 12.1. The minimum absolute atomic E-state index is 0.110. The van der Waals surface area contributed by atoms with E-state index in [0.29, 0.717) is 11.7 Å². The Morgan fingerprint density at radius 3 is 2.59 bits per heavy atom. The zero-order valence-corrected chi connectivity index (χ0v) is 10.1. The molecule has 1 saturated carbocycles. The van der Waals surface area contributed by atoms with Crippen LogP contribution in [0.15, 0.2) is 12.3 Å². The molecule has 2 heterocycles. The van der Waals surface area contributed by atoms with Gasteiger partial charge in [-0.3, -0.25) is 9.48 Å². The van der Waals surface area contributed by atoms with Gasteiger partial charge < -0.3 is 4.90 Å². The summed E-state index contributed by atoms with van der Waals surface area (Å²) in [6.45, 7) is 1.80. The molecule has 1 amide bonds. The van der Waals surface area contributed by atoms with Gasteiger partial charge in [0.25, 0.3) is 5.91 Å². The summed E-state index contributed by atoms with van der Waals surface area (Å²) in [6, 6.07) is 2.40. The SMILES string of the molecule is O=C(c1ccn(C2CCCC2)n1)N1CCCC1. The second kappa shape index (κ2) is 4.51. The fourth-order valence-corrected chi connectivity index (χ4v) is 2.91. The summed E-state index contributed by atoms with van der Waals surface area (Å²) in [5.41, 5.74) is 0.624. The Balaban J connectivity index is 1.72. The van der Waals surface area contributed by atoms with E-state index in [0.717, 1.165) is 25.9 Å². The molecule has 0 radical (unpaired) electrons. The average Bonchev–Trinajstić information content (AvgIpc) is 3.09. The molecule has 1 aliphatic carbocycles. The van der Waals surface area contributed by atoms with Gasteiger partial charge in [-0.2, -0.15) is 5.10 Å². The van der Waals surface area contributed by atoms with Gasteiger partial charge in [0.15, 0.2) is 0 Å². The van der Waals surface area contributed by atoms with Gasteiger partial charge in [0, 0.05) is 19.3 Å². The molecule has 2 fully saturated rings. The van der Waals surface area contributed by atoms with Gasteiger partial charge in [-0.1, -0.05) is 12.8 Å². The fraction of sp³-hybridized carbons (Fsp3) is 0.692. The molecule has 0 atom stereocenters. The van der Waals surface area contributed by atoms with Crippen LogP contribution in [0.4, 0.5) is 0 Å². The number of amides is 1. The molecule has 0 bridgehead atoms. The third-order valence-corrected chi connectivity index (χ3v) is 3.92. The summed E-state index contributed by atoms with van der Waals surface area (Å²) in [7, 11) is 0. The van der Waals surface area contributed by atoms with E-state index < -0.39 is 0 Å². The van der Waals surface area contributed by atoms with Crippen molar-refractivity contribution in [3.05, 3.63) is 18.0 Å². The Kier molecular flexibility index (Phi) is 2.87. The van der Waals surface area contributed by atoms with E-state index in [1.807, 2.05) is 21.8 Å². The van der Waals surface area contributed by atoms with Crippen molar-refractivity contribution in [2.24, 2.45) is 0 Å². The van der Waals surface area contributed by atoms with Crippen molar-refractivity contribution in [1.29, 1.82) is 0 Å². The highest BCUT2D eigenvalue weighted by atomic mass is 16.2. The molecule has 17 heavy (non-hydrogen) atoms. The first-order chi connectivity index (χ1) is 8.34. The third-order valence-electron chi connectivity index (χ3n) is 3.92. The van der Waals surface area contributed by atoms with Crippen LogP contribution in [0.1, 0.15) is 55.1 Å². The van der Waals surface area contributed by atoms with Crippen molar-refractivity contribution in [2.75, 3.05) is 13.1 Å². The van der Waals surface area contributed by atoms with Crippen molar-refractivity contribution in [1.82, 2.24) is 14.7 Å². The number of hydrogen-bond donors (Lipinski definition) is 0. The van der Waals surface area contributed by atoms with Crippen LogP contribution in [-0.2, 0) is 0 Å². The highest BCUT2D eigenvalue weighted by Gasteiger charge is 2.23. The van der Waals surface area contributed by atoms with Crippen molar-refractivity contribution >= 4 is 5.91 Å². The molecule has 0 spiro atoms. The van der Waals surface area contributed by atoms with Crippen LogP contribution < -0.4 is 0 Å². The van der Waals surface area contributed by atoms with Crippen LogP contribution in [0.25, 0.3) is 0 Å². The first kappa shape index (κ1) is 10.8. The molecule has 1 aliphatic heterocycles. The second-order valence-corrected chi connectivity index (χ2v) is 5.12. The lowest BCUT2D eigenvalue weighted by atomic mass is 10.3. The van der Waals surface area contributed by atoms with Gasteiger partial charge >= 0.3 is 0 Å². The zero-order chi connectivity index (χ0) is 11.7. The maximum absolute atomic E-state index is 12.1. The predicted octanol–water partition coefficient (Wildman–Crippen LogP) is 2.23. The van der Waals surface area contributed by atoms with E-state index in [2.05, 4.69) is 5.10 Å². The lowest BCUT2D eigenvalue weighted by molar-refractivity contribution is 0.0785. The Labute approximate surface area is 102 Å². The molecule has 92 valence electrons. The summed E-state index contributed by atoms with van der Waals surface area (Å²) < 4.78 is 2.00. The largest absolute Gasteiger partial charge is 0.337 e. The fourth-order valence-electron chi connectivity index (χ4n) is 2.91. The molecule has 0 N–H and O–H groups in total. The summed E-state index contributed by atoms with van der Waals surface area (Å²) in [6.07, 6.45) is 9.24. The number of likely N-dealkylation sites (tertiary alicyclic amines) is 1. The molecule has 4 nitrogen and oxygen atoms in total. The number of hydrogen-bond acceptors (Lipinski definition) is 2. The molecule has 3 rings (SSSR count). The van der Waals surface area contributed by atoms with Crippen LogP contribution in [0.2, 0.25) is 0 Å². The van der Waals surface area contributed by atoms with Crippen molar-refractivity contribution in [3.8, 4) is 0 Å². The summed E-state index contributed by atoms with van der Waals surface area (Å²) in [4.78, 5) is 14.0. The lowest BCUT2D eigenvalue weighted by Gasteiger charge is -2.13. The first-order valence-corrected chi connectivity index (χ1v) is 6.69. The quantitative estimate of drug-likeness (QED) is 0.785. The number of carbonyl (C=O) groups excluding carboxylic acids is 1. The Morgan fingerprint density at radius 1 is 1.18 bits per heavy atom. The van der Waals surface area contributed by atoms with E-state index in [-0.39, 0.29) is 5.91 Å². The molecule has 0 aromatic carbocycles. The Morgan fingerprint density at radius 2 is 1.88 bits per heavy atom. The zero-order valence-electron chi connectivity index (χ0n) is 10.1. The van der Waals surface area contributed by atoms with Gasteiger partial charge in [-0.15, -0.1) is 0 Å². The molecule has 1 aromatic rings. The van der Waals surface area contributed by atoms with E-state index in [4.69, 9.17) is 0 Å². The van der Waals surface area contributed by atoms with Crippen molar-refractivity contribution in [3.63, 3.8) is 0 Å². The summed E-state index contributed by atoms with van der Waals surface area (Å²) in [5, 5.41) is 4.46. The predicted molar refractivity (Wildman–Crippen MR) is 64.9 cm³/mol. The molecule has 2 aliphatic rings. The van der Waals surface area contributed by atoms with Crippen molar-refractivity contribution < 1.29 is 4.79 Å². The van der Waals surface area contributed by atoms with Gasteiger partial charge in [-0.05, 0) is 31.7 Å². The second-order valence-electron chi connectivity index (χ2n) is 5.12. The number of carbonyl (C=O) groups is 1. The number of aromatic nitrogens is 2. The van der Waals surface area contributed by atoms with Crippen molar-refractivity contribution in [2.45, 2.75) is 44.6 Å². The standard InChI is InChI=1S/C13H19N3O/c17-13(15-8-3-4-9-15)12-7-10-16(14-12)11-5-1-2-6-11/h7,10-11H,1-6,8-9H2. The topological polar surface area (TPSA) is 38.1 Å². The van der Waals surface area contributed by atoms with Crippen LogP contribution in [0.3, 0.4) is 0 Å². The lowest BCUT2D eigenvalue weighted by Crippen LogP contribution is -2.28. The highest BCUT2D eigenvalue weighted by Crippen LogP contribution is 2.28. The average molecular weight is 233 g/mol. The van der Waals surface area contributed by atoms with E-state index in [1.54, 1.807) is 0 Å². The van der Waals surface area contributed by atoms with Gasteiger partial charge in [0.2, 0.25) is 0 Å². The summed E-state index contributed by atoms with van der Waals surface area (Å²) >= 11 is 0. The Bertz CT molecular complexity index is 401. The van der Waals surface area contributed by atoms with Gasteiger partial charge in [0.05, 0.1) is 6.04 Å². The summed E-state index contributed by atoms with van der Waals surface area (Å²) in [5.74, 6) is 0.110. The molecule has 0 unspecified atom stereocenters. The van der Waals surface area contributed by atoms with E-state index in [9.17, 15) is 4.79 Å². The van der Waals surface area contributed by atoms with Crippen LogP contribution in [0.5, 0.6) is 0 Å². The molecule has 1 saturated heterocycles. The number of nitrogens with zero attached hydrogens (tertiary/aromatic N) is 3. The molecule has 4 heteroatoms.